The molecule has 25 heavy (non-hydrogen) atoms. The molecule has 0 bridgehead atoms. The van der Waals surface area contributed by atoms with E-state index < -0.39 is 10.0 Å². The van der Waals surface area contributed by atoms with E-state index in [0.717, 1.165) is 0 Å². The lowest BCUT2D eigenvalue weighted by atomic mass is 10.1. The van der Waals surface area contributed by atoms with E-state index in [4.69, 9.17) is 10.5 Å². The predicted octanol–water partition coefficient (Wildman–Crippen LogP) is 0.857. The number of morpholine rings is 1. The molecule has 1 unspecified atom stereocenters. The Labute approximate surface area is 155 Å². The second kappa shape index (κ2) is 8.95. The van der Waals surface area contributed by atoms with Crippen molar-refractivity contribution in [2.75, 3.05) is 39.9 Å². The molecule has 0 radical (unpaired) electrons. The van der Waals surface area contributed by atoms with Crippen LogP contribution in [0.15, 0.2) is 23.1 Å². The number of hydrogen-bond donors (Lipinski definition) is 1. The molecule has 1 fully saturated rings. The van der Waals surface area contributed by atoms with Gasteiger partial charge in [-0.2, -0.15) is 4.31 Å². The highest BCUT2D eigenvalue weighted by atomic mass is 35.5. The van der Waals surface area contributed by atoms with Gasteiger partial charge in [0, 0.05) is 38.3 Å². The first kappa shape index (κ1) is 21.9. The molecule has 142 valence electrons. The maximum atomic E-state index is 12.9. The van der Waals surface area contributed by atoms with Crippen LogP contribution in [0.4, 0.5) is 0 Å². The van der Waals surface area contributed by atoms with Crippen LogP contribution in [0.5, 0.6) is 0 Å². The van der Waals surface area contributed by atoms with Gasteiger partial charge in [0.2, 0.25) is 10.0 Å². The van der Waals surface area contributed by atoms with E-state index in [1.165, 1.54) is 15.3 Å². The summed E-state index contributed by atoms with van der Waals surface area (Å²) in [5.74, 6) is -0.244. The summed E-state index contributed by atoms with van der Waals surface area (Å²) in [6.45, 7) is 5.33. The predicted molar refractivity (Wildman–Crippen MR) is 98.6 cm³/mol. The Hall–Kier alpha value is -1.19. The normalized spacial score (nSPS) is 16.8. The molecular weight excluding hydrogens is 366 g/mol. The maximum Gasteiger partial charge on any atom is 0.253 e. The summed E-state index contributed by atoms with van der Waals surface area (Å²) in [7, 11) is -1.98. The fraction of sp³-hybridized carbons (Fsp3) is 0.562. The zero-order valence-corrected chi connectivity index (χ0v) is 16.4. The van der Waals surface area contributed by atoms with Gasteiger partial charge in [-0.05, 0) is 31.5 Å². The standard InChI is InChI=1S/C16H25N3O4S.ClH/c1-12-4-5-14(16(20)18(3)13(2)11-17)10-15(12)24(21,22)19-6-8-23-9-7-19;/h4-5,10,13H,6-9,11,17H2,1-3H3;1H. The molecule has 1 aliphatic rings. The number of nitrogens with zero attached hydrogens (tertiary/aromatic N) is 2. The Balaban J connectivity index is 0.00000312. The first-order valence-electron chi connectivity index (χ1n) is 7.94. The van der Waals surface area contributed by atoms with Crippen molar-refractivity contribution in [1.29, 1.82) is 0 Å². The van der Waals surface area contributed by atoms with Crippen LogP contribution in [-0.2, 0) is 14.8 Å². The minimum absolute atomic E-state index is 0. The van der Waals surface area contributed by atoms with Gasteiger partial charge in [-0.15, -0.1) is 12.4 Å². The van der Waals surface area contributed by atoms with E-state index >= 15 is 0 Å². The second-order valence-corrected chi connectivity index (χ2v) is 7.90. The number of carbonyl (C=O) groups is 1. The lowest BCUT2D eigenvalue weighted by Crippen LogP contribution is -2.41. The highest BCUT2D eigenvalue weighted by Crippen LogP contribution is 2.23. The number of nitrogens with two attached hydrogens (primary N) is 1. The molecule has 1 aromatic rings. The van der Waals surface area contributed by atoms with Gasteiger partial charge < -0.3 is 15.4 Å². The van der Waals surface area contributed by atoms with Crippen LogP contribution in [0.2, 0.25) is 0 Å². The van der Waals surface area contributed by atoms with Gasteiger partial charge in [0.1, 0.15) is 0 Å². The minimum atomic E-state index is -3.64. The first-order valence-corrected chi connectivity index (χ1v) is 9.38. The van der Waals surface area contributed by atoms with Crippen molar-refractivity contribution < 1.29 is 17.9 Å². The van der Waals surface area contributed by atoms with Crippen molar-refractivity contribution in [3.8, 4) is 0 Å². The number of hydrogen-bond acceptors (Lipinski definition) is 5. The fourth-order valence-electron chi connectivity index (χ4n) is 2.50. The van der Waals surface area contributed by atoms with Crippen molar-refractivity contribution in [2.24, 2.45) is 5.73 Å². The van der Waals surface area contributed by atoms with E-state index in [1.807, 2.05) is 6.92 Å². The van der Waals surface area contributed by atoms with Gasteiger partial charge in [-0.1, -0.05) is 6.07 Å². The van der Waals surface area contributed by atoms with Crippen LogP contribution in [0.1, 0.15) is 22.8 Å². The number of ether oxygens (including phenoxy) is 1. The van der Waals surface area contributed by atoms with Crippen LogP contribution in [0, 0.1) is 6.92 Å². The van der Waals surface area contributed by atoms with Crippen LogP contribution < -0.4 is 5.73 Å². The Morgan fingerprint density at radius 1 is 1.36 bits per heavy atom. The largest absolute Gasteiger partial charge is 0.379 e. The molecular formula is C16H26ClN3O4S. The SMILES string of the molecule is Cc1ccc(C(=O)N(C)C(C)CN)cc1S(=O)(=O)N1CCOCC1.Cl. The topological polar surface area (TPSA) is 92.9 Å². The summed E-state index contributed by atoms with van der Waals surface area (Å²) in [6.07, 6.45) is 0. The Kier molecular flexibility index (Phi) is 7.83. The van der Waals surface area contributed by atoms with E-state index in [-0.39, 0.29) is 29.3 Å². The summed E-state index contributed by atoms with van der Waals surface area (Å²) in [4.78, 5) is 14.2. The van der Waals surface area contributed by atoms with Crippen molar-refractivity contribution >= 4 is 28.3 Å². The highest BCUT2D eigenvalue weighted by molar-refractivity contribution is 7.89. The average Bonchev–Trinajstić information content (AvgIpc) is 2.60. The van der Waals surface area contributed by atoms with Gasteiger partial charge >= 0.3 is 0 Å². The number of halogens is 1. The van der Waals surface area contributed by atoms with E-state index in [9.17, 15) is 13.2 Å². The number of benzene rings is 1. The van der Waals surface area contributed by atoms with Gasteiger partial charge in [0.15, 0.2) is 0 Å². The van der Waals surface area contributed by atoms with E-state index in [0.29, 0.717) is 44.0 Å². The second-order valence-electron chi connectivity index (χ2n) is 6.00. The smallest absolute Gasteiger partial charge is 0.253 e. The molecule has 1 amide bonds. The van der Waals surface area contributed by atoms with Gasteiger partial charge in [0.25, 0.3) is 5.91 Å². The van der Waals surface area contributed by atoms with Crippen LogP contribution >= 0.6 is 12.4 Å². The molecule has 0 aliphatic carbocycles. The summed E-state index contributed by atoms with van der Waals surface area (Å²) in [6, 6.07) is 4.65. The molecule has 1 aliphatic heterocycles. The molecule has 0 spiro atoms. The molecule has 0 saturated carbocycles. The summed E-state index contributed by atoms with van der Waals surface area (Å²) in [5, 5.41) is 0. The van der Waals surface area contributed by atoms with E-state index in [2.05, 4.69) is 0 Å². The Morgan fingerprint density at radius 3 is 2.52 bits per heavy atom. The van der Waals surface area contributed by atoms with Crippen LogP contribution in [0.25, 0.3) is 0 Å². The number of carbonyl (C=O) groups excluding carboxylic acids is 1. The quantitative estimate of drug-likeness (QED) is 0.803. The first-order chi connectivity index (χ1) is 11.3. The zero-order chi connectivity index (χ0) is 17.9. The van der Waals surface area contributed by atoms with Crippen LogP contribution in [-0.4, -0.2) is 69.5 Å². The molecule has 1 atom stereocenters. The fourth-order valence-corrected chi connectivity index (χ4v) is 4.16. The maximum absolute atomic E-state index is 12.9. The summed E-state index contributed by atoms with van der Waals surface area (Å²) >= 11 is 0. The van der Waals surface area contributed by atoms with Gasteiger partial charge in [0.05, 0.1) is 18.1 Å². The van der Waals surface area contributed by atoms with Gasteiger partial charge in [-0.3, -0.25) is 4.79 Å². The number of likely N-dealkylation sites (N-methyl/N-ethyl adjacent to an activating group) is 1. The zero-order valence-electron chi connectivity index (χ0n) is 14.8. The third-order valence-electron chi connectivity index (χ3n) is 4.35. The average molecular weight is 392 g/mol. The number of amides is 1. The number of sulfonamides is 1. The number of rotatable bonds is 5. The Bertz CT molecular complexity index is 705. The van der Waals surface area contributed by atoms with E-state index in [1.54, 1.807) is 26.1 Å². The third kappa shape index (κ3) is 4.71. The summed E-state index contributed by atoms with van der Waals surface area (Å²) < 4.78 is 32.4. The molecule has 1 saturated heterocycles. The molecule has 2 N–H and O–H groups in total. The molecule has 1 aromatic carbocycles. The number of aryl methyl sites for hydroxylation is 1. The molecule has 1 heterocycles. The molecule has 7 nitrogen and oxygen atoms in total. The molecule has 9 heteroatoms. The van der Waals surface area contributed by atoms with Crippen molar-refractivity contribution in [3.63, 3.8) is 0 Å². The molecule has 0 aromatic heterocycles. The monoisotopic (exact) mass is 391 g/mol. The van der Waals surface area contributed by atoms with Gasteiger partial charge in [-0.25, -0.2) is 8.42 Å². The minimum Gasteiger partial charge on any atom is -0.379 e. The van der Waals surface area contributed by atoms with Crippen LogP contribution in [0.3, 0.4) is 0 Å². The lowest BCUT2D eigenvalue weighted by Gasteiger charge is -2.27. The summed E-state index contributed by atoms with van der Waals surface area (Å²) in [5.41, 5.74) is 6.56. The highest BCUT2D eigenvalue weighted by Gasteiger charge is 2.29. The van der Waals surface area contributed by atoms with Crippen molar-refractivity contribution in [1.82, 2.24) is 9.21 Å². The lowest BCUT2D eigenvalue weighted by molar-refractivity contribution is 0.0729. The van der Waals surface area contributed by atoms with Crippen molar-refractivity contribution in [2.45, 2.75) is 24.8 Å². The third-order valence-corrected chi connectivity index (χ3v) is 6.39. The molecule has 2 rings (SSSR count). The Morgan fingerprint density at radius 2 is 1.96 bits per heavy atom. The van der Waals surface area contributed by atoms with Crippen molar-refractivity contribution in [3.05, 3.63) is 29.3 Å².